The number of anilines is 3. The molecule has 0 saturated heterocycles. The third-order valence-corrected chi connectivity index (χ3v) is 15.9. The van der Waals surface area contributed by atoms with Crippen molar-refractivity contribution in [2.75, 3.05) is 4.90 Å². The molecule has 2 aliphatic rings. The van der Waals surface area contributed by atoms with Gasteiger partial charge in [0.15, 0.2) is 0 Å². The average Bonchev–Trinajstić information content (AvgIpc) is 4.02. The van der Waals surface area contributed by atoms with Crippen molar-refractivity contribution < 1.29 is 4.42 Å². The van der Waals surface area contributed by atoms with Crippen LogP contribution >= 0.6 is 0 Å². The Kier molecular flexibility index (Phi) is 10.1. The molecule has 1 heterocycles. The summed E-state index contributed by atoms with van der Waals surface area (Å²) in [6, 6.07) is 83.1. The van der Waals surface area contributed by atoms with Gasteiger partial charge in [-0.05, 0) is 145 Å². The van der Waals surface area contributed by atoms with Crippen molar-refractivity contribution in [3.63, 3.8) is 0 Å². The Bertz CT molecular complexity index is 4110. The van der Waals surface area contributed by atoms with E-state index >= 15 is 0 Å². The van der Waals surface area contributed by atoms with Gasteiger partial charge in [0, 0.05) is 32.8 Å². The number of benzene rings is 10. The highest BCUT2D eigenvalue weighted by molar-refractivity contribution is 6.00. The second kappa shape index (κ2) is 16.7. The number of aryl methyl sites for hydroxylation is 1. The molecule has 0 aliphatic heterocycles. The molecule has 1 atom stereocenters. The highest BCUT2D eigenvalue weighted by Crippen LogP contribution is 2.57. The largest absolute Gasteiger partial charge is 0.456 e. The van der Waals surface area contributed by atoms with Gasteiger partial charge in [-0.3, -0.25) is 0 Å². The van der Waals surface area contributed by atoms with Gasteiger partial charge in [-0.25, -0.2) is 0 Å². The number of furan rings is 1. The predicted molar refractivity (Wildman–Crippen MR) is 302 cm³/mol. The molecule has 2 heteroatoms. The monoisotopic (exact) mass is 923 g/mol. The Labute approximate surface area is 421 Å². The van der Waals surface area contributed by atoms with Crippen molar-refractivity contribution in [3.8, 4) is 33.4 Å². The normalized spacial score (nSPS) is 15.8. The standard InChI is InChI=1S/C70H53NO/c1-6-19-61-60-27-14-17-31-67(60)72-68(61)46(3)47-32-35-51(36-33-47)70(50-22-8-7-9-23-50)63-29-16-13-26-57(63)59-39-34-49(43-65(59)70)54-40-37-52(42-45(54)2)71(66-30-18-21-48-20-10-11-24-55(48)66)53-38-41-58-56-25-12-15-28-62(56)69(4,5)64(58)44-53/h6-44H,1H2,2-5H3/b61-19-,68-46-. The number of rotatable bonds is 8. The summed E-state index contributed by atoms with van der Waals surface area (Å²) in [5.74, 6) is 0. The molecule has 2 aliphatic carbocycles. The highest BCUT2D eigenvalue weighted by Gasteiger charge is 2.46. The molecule has 13 rings (SSSR count). The lowest BCUT2D eigenvalue weighted by Crippen LogP contribution is -2.28. The highest BCUT2D eigenvalue weighted by atomic mass is 16.3. The first-order valence-electron chi connectivity index (χ1n) is 25.1. The fourth-order valence-corrected chi connectivity index (χ4v) is 12.4. The van der Waals surface area contributed by atoms with Gasteiger partial charge in [-0.1, -0.05) is 215 Å². The molecule has 1 aromatic heterocycles. The van der Waals surface area contributed by atoms with E-state index in [1.807, 2.05) is 18.2 Å². The van der Waals surface area contributed by atoms with Gasteiger partial charge >= 0.3 is 0 Å². The van der Waals surface area contributed by atoms with Gasteiger partial charge in [-0.15, -0.1) is 0 Å². The van der Waals surface area contributed by atoms with Gasteiger partial charge in [0.1, 0.15) is 11.0 Å². The third-order valence-electron chi connectivity index (χ3n) is 15.9. The Balaban J connectivity index is 0.959. The molecule has 72 heavy (non-hydrogen) atoms. The van der Waals surface area contributed by atoms with Crippen LogP contribution in [0.25, 0.3) is 66.8 Å². The number of fused-ring (bicyclic) bond motifs is 8. The van der Waals surface area contributed by atoms with Gasteiger partial charge in [-0.2, -0.15) is 0 Å². The summed E-state index contributed by atoms with van der Waals surface area (Å²) in [7, 11) is 0. The molecule has 0 fully saturated rings. The molecule has 11 aromatic rings. The van der Waals surface area contributed by atoms with Crippen molar-refractivity contribution in [3.05, 3.63) is 292 Å². The van der Waals surface area contributed by atoms with Crippen LogP contribution in [0, 0.1) is 6.92 Å². The van der Waals surface area contributed by atoms with E-state index < -0.39 is 5.41 Å². The zero-order valence-corrected chi connectivity index (χ0v) is 41.1. The number of para-hydroxylation sites is 1. The van der Waals surface area contributed by atoms with E-state index in [0.29, 0.717) is 0 Å². The van der Waals surface area contributed by atoms with E-state index in [0.717, 1.165) is 49.8 Å². The van der Waals surface area contributed by atoms with Crippen LogP contribution in [0.15, 0.2) is 242 Å². The Hall–Kier alpha value is -8.72. The molecule has 0 N–H and O–H groups in total. The molecule has 0 radical (unpaired) electrons. The molecule has 0 amide bonds. The summed E-state index contributed by atoms with van der Waals surface area (Å²) in [5.41, 5.74) is 23.2. The summed E-state index contributed by atoms with van der Waals surface area (Å²) in [4.78, 5) is 2.47. The van der Waals surface area contributed by atoms with Crippen molar-refractivity contribution in [2.24, 2.45) is 0 Å². The molecule has 2 nitrogen and oxygen atoms in total. The van der Waals surface area contributed by atoms with Gasteiger partial charge < -0.3 is 9.32 Å². The minimum atomic E-state index is -0.573. The SMILES string of the molecule is C=C/C=c1\c(=C(/C)c2ccc(C3(c4ccccc4)c4ccccc4-c4ccc(-c5ccc(N(c6ccc7c(c6)C(C)(C)c6ccccc6-7)c6cccc7ccccc67)cc5C)cc43)cc2)oc2ccccc12. The van der Waals surface area contributed by atoms with Crippen LogP contribution in [0.4, 0.5) is 17.1 Å². The third kappa shape index (κ3) is 6.49. The number of hydrogen-bond donors (Lipinski definition) is 0. The molecule has 1 unspecified atom stereocenters. The van der Waals surface area contributed by atoms with E-state index in [1.165, 1.54) is 83.1 Å². The predicted octanol–water partition coefficient (Wildman–Crippen LogP) is 16.9. The summed E-state index contributed by atoms with van der Waals surface area (Å²) < 4.78 is 6.54. The van der Waals surface area contributed by atoms with Crippen LogP contribution in [0.2, 0.25) is 0 Å². The van der Waals surface area contributed by atoms with E-state index in [-0.39, 0.29) is 5.41 Å². The first kappa shape index (κ1) is 43.3. The maximum atomic E-state index is 6.54. The molecule has 10 aromatic carbocycles. The number of hydrogen-bond acceptors (Lipinski definition) is 2. The Morgan fingerprint density at radius 1 is 0.500 bits per heavy atom. The minimum absolute atomic E-state index is 0.128. The van der Waals surface area contributed by atoms with E-state index in [2.05, 4.69) is 258 Å². The first-order chi connectivity index (χ1) is 35.2. The average molecular weight is 924 g/mol. The van der Waals surface area contributed by atoms with Crippen LogP contribution in [0.5, 0.6) is 0 Å². The Morgan fingerprint density at radius 3 is 1.88 bits per heavy atom. The number of nitrogens with zero attached hydrogens (tertiary/aromatic N) is 1. The maximum Gasteiger partial charge on any atom is 0.138 e. The summed E-state index contributed by atoms with van der Waals surface area (Å²) in [6.45, 7) is 13.2. The fraction of sp³-hybridized carbons (Fsp3) is 0.0857. The molecule has 0 bridgehead atoms. The van der Waals surface area contributed by atoms with Crippen molar-refractivity contribution in [1.29, 1.82) is 0 Å². The summed E-state index contributed by atoms with van der Waals surface area (Å²) in [6.07, 6.45) is 3.90. The van der Waals surface area contributed by atoms with Crippen LogP contribution in [0.3, 0.4) is 0 Å². The molecule has 344 valence electrons. The maximum absolute atomic E-state index is 6.54. The second-order valence-electron chi connectivity index (χ2n) is 20.1. The lowest BCUT2D eigenvalue weighted by atomic mass is 9.67. The van der Waals surface area contributed by atoms with Crippen molar-refractivity contribution in [2.45, 2.75) is 38.5 Å². The molecular formula is C70H53NO. The number of allylic oxidation sites excluding steroid dienone is 1. The zero-order valence-electron chi connectivity index (χ0n) is 41.1. The van der Waals surface area contributed by atoms with Crippen LogP contribution in [-0.2, 0) is 10.8 Å². The smallest absolute Gasteiger partial charge is 0.138 e. The molecular weight excluding hydrogens is 871 g/mol. The van der Waals surface area contributed by atoms with Crippen LogP contribution in [-0.4, -0.2) is 0 Å². The topological polar surface area (TPSA) is 16.4 Å². The van der Waals surface area contributed by atoms with Gasteiger partial charge in [0.05, 0.1) is 11.1 Å². The van der Waals surface area contributed by atoms with Crippen LogP contribution < -0.4 is 15.5 Å². The van der Waals surface area contributed by atoms with Gasteiger partial charge in [0.2, 0.25) is 0 Å². The lowest BCUT2D eigenvalue weighted by Gasteiger charge is -2.34. The van der Waals surface area contributed by atoms with E-state index in [1.54, 1.807) is 0 Å². The van der Waals surface area contributed by atoms with Crippen molar-refractivity contribution >= 4 is 50.5 Å². The molecule has 0 spiro atoms. The second-order valence-corrected chi connectivity index (χ2v) is 20.1. The molecule has 0 saturated carbocycles. The zero-order chi connectivity index (χ0) is 48.7. The fourth-order valence-electron chi connectivity index (χ4n) is 12.4. The minimum Gasteiger partial charge on any atom is -0.456 e. The van der Waals surface area contributed by atoms with Crippen LogP contribution in [0.1, 0.15) is 65.3 Å². The summed E-state index contributed by atoms with van der Waals surface area (Å²) in [5, 5.41) is 4.57. The summed E-state index contributed by atoms with van der Waals surface area (Å²) >= 11 is 0. The Morgan fingerprint density at radius 2 is 1.10 bits per heavy atom. The quantitative estimate of drug-likeness (QED) is 0.151. The van der Waals surface area contributed by atoms with Crippen molar-refractivity contribution in [1.82, 2.24) is 0 Å². The van der Waals surface area contributed by atoms with E-state index in [4.69, 9.17) is 4.42 Å². The van der Waals surface area contributed by atoms with E-state index in [9.17, 15) is 0 Å². The van der Waals surface area contributed by atoms with Gasteiger partial charge in [0.25, 0.3) is 0 Å². The lowest BCUT2D eigenvalue weighted by molar-refractivity contribution is 0.572. The first-order valence-corrected chi connectivity index (χ1v) is 25.1.